The lowest BCUT2D eigenvalue weighted by Gasteiger charge is -2.26. The van der Waals surface area contributed by atoms with Gasteiger partial charge in [-0.05, 0) is 13.0 Å². The molecule has 2 fully saturated rings. The van der Waals surface area contributed by atoms with E-state index >= 15 is 0 Å². The van der Waals surface area contributed by atoms with Gasteiger partial charge in [0.25, 0.3) is 5.24 Å². The first-order valence-corrected chi connectivity index (χ1v) is 6.07. The Morgan fingerprint density at radius 2 is 2.31 bits per heavy atom. The highest BCUT2D eigenvalue weighted by molar-refractivity contribution is 8.14. The van der Waals surface area contributed by atoms with Crippen molar-refractivity contribution in [1.82, 2.24) is 15.5 Å². The lowest BCUT2D eigenvalue weighted by atomic mass is 10.2. The Balaban J connectivity index is 0.00000128. The van der Waals surface area contributed by atoms with Gasteiger partial charge in [0.15, 0.2) is 0 Å². The SMILES string of the molecule is CN(C(=O)[C@@H]1CSC(=O)N1)C1CCNC1.Cl. The van der Waals surface area contributed by atoms with Gasteiger partial charge in [-0.3, -0.25) is 9.59 Å². The first kappa shape index (κ1) is 13.6. The molecule has 0 spiro atoms. The molecule has 2 aliphatic rings. The van der Waals surface area contributed by atoms with E-state index in [1.165, 1.54) is 11.8 Å². The third-order valence-corrected chi connectivity index (χ3v) is 3.78. The van der Waals surface area contributed by atoms with Gasteiger partial charge in [-0.2, -0.15) is 0 Å². The minimum atomic E-state index is -0.326. The molecule has 0 bridgehead atoms. The van der Waals surface area contributed by atoms with Crippen molar-refractivity contribution < 1.29 is 9.59 Å². The number of rotatable bonds is 2. The van der Waals surface area contributed by atoms with Crippen LogP contribution in [0.1, 0.15) is 6.42 Å². The minimum Gasteiger partial charge on any atom is -0.340 e. The number of likely N-dealkylation sites (N-methyl/N-ethyl adjacent to an activating group) is 1. The Bertz CT molecular complexity index is 284. The Kier molecular flexibility index (Phi) is 4.89. The monoisotopic (exact) mass is 265 g/mol. The zero-order valence-corrected chi connectivity index (χ0v) is 10.7. The van der Waals surface area contributed by atoms with Crippen LogP contribution >= 0.6 is 24.2 Å². The van der Waals surface area contributed by atoms with Crippen LogP contribution in [0.15, 0.2) is 0 Å². The van der Waals surface area contributed by atoms with Crippen molar-refractivity contribution in [3.8, 4) is 0 Å². The maximum absolute atomic E-state index is 11.9. The molecule has 2 atom stereocenters. The number of nitrogens with one attached hydrogen (secondary N) is 2. The van der Waals surface area contributed by atoms with Gasteiger partial charge in [0.05, 0.1) is 0 Å². The van der Waals surface area contributed by atoms with Crippen LogP contribution in [0.4, 0.5) is 4.79 Å². The maximum atomic E-state index is 11.9. The second-order valence-electron chi connectivity index (χ2n) is 3.89. The summed E-state index contributed by atoms with van der Waals surface area (Å²) in [5.74, 6) is 0.587. The van der Waals surface area contributed by atoms with Gasteiger partial charge in [0, 0.05) is 25.4 Å². The second-order valence-corrected chi connectivity index (χ2v) is 4.88. The topological polar surface area (TPSA) is 61.4 Å². The molecule has 0 saturated carbocycles. The molecule has 0 aromatic rings. The van der Waals surface area contributed by atoms with E-state index in [-0.39, 0.29) is 35.6 Å². The standard InChI is InChI=1S/C9H15N3O2S.ClH/c1-12(6-2-3-10-4-6)8(13)7-5-15-9(14)11-7;/h6-7,10H,2-5H2,1H3,(H,11,14);1H/t6?,7-;/m0./s1. The molecule has 92 valence electrons. The van der Waals surface area contributed by atoms with Crippen LogP contribution in [-0.2, 0) is 4.79 Å². The quantitative estimate of drug-likeness (QED) is 0.741. The molecule has 0 aromatic heterocycles. The number of hydrogen-bond donors (Lipinski definition) is 2. The highest BCUT2D eigenvalue weighted by atomic mass is 35.5. The highest BCUT2D eigenvalue weighted by Gasteiger charge is 2.33. The molecule has 16 heavy (non-hydrogen) atoms. The van der Waals surface area contributed by atoms with E-state index in [0.29, 0.717) is 5.75 Å². The zero-order valence-electron chi connectivity index (χ0n) is 9.06. The average molecular weight is 266 g/mol. The molecule has 0 radical (unpaired) electrons. The molecular formula is C9H16ClN3O2S. The van der Waals surface area contributed by atoms with Crippen LogP contribution in [0.2, 0.25) is 0 Å². The summed E-state index contributed by atoms with van der Waals surface area (Å²) in [5.41, 5.74) is 0. The van der Waals surface area contributed by atoms with Crippen LogP contribution in [0, 0.1) is 0 Å². The Morgan fingerprint density at radius 3 is 2.81 bits per heavy atom. The van der Waals surface area contributed by atoms with Gasteiger partial charge < -0.3 is 15.5 Å². The van der Waals surface area contributed by atoms with Gasteiger partial charge in [0.1, 0.15) is 6.04 Å². The number of nitrogens with zero attached hydrogens (tertiary/aromatic N) is 1. The number of thioether (sulfide) groups is 1. The Morgan fingerprint density at radius 1 is 1.56 bits per heavy atom. The molecule has 0 aromatic carbocycles. The zero-order chi connectivity index (χ0) is 10.8. The van der Waals surface area contributed by atoms with E-state index in [1.54, 1.807) is 4.90 Å². The second kappa shape index (κ2) is 5.75. The minimum absolute atomic E-state index is 0. The van der Waals surface area contributed by atoms with E-state index in [9.17, 15) is 9.59 Å². The van der Waals surface area contributed by atoms with Crippen molar-refractivity contribution in [2.45, 2.75) is 18.5 Å². The summed E-state index contributed by atoms with van der Waals surface area (Å²) in [4.78, 5) is 24.7. The molecule has 0 aliphatic carbocycles. The van der Waals surface area contributed by atoms with Crippen molar-refractivity contribution in [2.24, 2.45) is 0 Å². The van der Waals surface area contributed by atoms with E-state index < -0.39 is 0 Å². The molecule has 2 heterocycles. The van der Waals surface area contributed by atoms with Crippen LogP contribution < -0.4 is 10.6 Å². The van der Waals surface area contributed by atoms with Gasteiger partial charge in [-0.15, -0.1) is 12.4 Å². The summed E-state index contributed by atoms with van der Waals surface area (Å²) in [6.45, 7) is 1.82. The van der Waals surface area contributed by atoms with E-state index in [4.69, 9.17) is 0 Å². The van der Waals surface area contributed by atoms with Crippen molar-refractivity contribution in [3.63, 3.8) is 0 Å². The summed E-state index contributed by atoms with van der Waals surface area (Å²) >= 11 is 1.18. The predicted molar refractivity (Wildman–Crippen MR) is 66.1 cm³/mol. The first-order chi connectivity index (χ1) is 7.18. The summed E-state index contributed by atoms with van der Waals surface area (Å²) in [5, 5.41) is 5.80. The predicted octanol–water partition coefficient (Wildman–Crippen LogP) is 0.0535. The molecule has 1 unspecified atom stereocenters. The van der Waals surface area contributed by atoms with Crippen LogP contribution in [0.25, 0.3) is 0 Å². The Hall–Kier alpha value is -0.460. The van der Waals surface area contributed by atoms with Gasteiger partial charge in [-0.25, -0.2) is 0 Å². The fourth-order valence-corrected chi connectivity index (χ4v) is 2.68. The van der Waals surface area contributed by atoms with E-state index in [0.717, 1.165) is 19.5 Å². The average Bonchev–Trinajstić information content (AvgIpc) is 2.85. The van der Waals surface area contributed by atoms with Crippen molar-refractivity contribution in [2.75, 3.05) is 25.9 Å². The molecular weight excluding hydrogens is 250 g/mol. The van der Waals surface area contributed by atoms with E-state index in [1.807, 2.05) is 7.05 Å². The Labute approximate surface area is 105 Å². The number of carbonyl (C=O) groups excluding carboxylic acids is 2. The summed E-state index contributed by atoms with van der Waals surface area (Å²) in [6, 6.07) is -0.0481. The first-order valence-electron chi connectivity index (χ1n) is 5.09. The fourth-order valence-electron chi connectivity index (χ4n) is 1.91. The maximum Gasteiger partial charge on any atom is 0.279 e. The molecule has 2 rings (SSSR count). The van der Waals surface area contributed by atoms with Gasteiger partial charge in [-0.1, -0.05) is 11.8 Å². The fraction of sp³-hybridized carbons (Fsp3) is 0.778. The molecule has 2 amide bonds. The van der Waals surface area contributed by atoms with Gasteiger partial charge >= 0.3 is 0 Å². The summed E-state index contributed by atoms with van der Waals surface area (Å²) in [7, 11) is 1.81. The molecule has 7 heteroatoms. The van der Waals surface area contributed by atoms with Crippen LogP contribution in [0.5, 0.6) is 0 Å². The van der Waals surface area contributed by atoms with Crippen molar-refractivity contribution in [1.29, 1.82) is 0 Å². The van der Waals surface area contributed by atoms with Crippen LogP contribution in [0.3, 0.4) is 0 Å². The number of halogens is 1. The number of amides is 2. The third-order valence-electron chi connectivity index (χ3n) is 2.90. The van der Waals surface area contributed by atoms with Crippen LogP contribution in [-0.4, -0.2) is 54.0 Å². The summed E-state index contributed by atoms with van der Waals surface area (Å²) in [6.07, 6.45) is 0.996. The normalized spacial score (nSPS) is 28.4. The lowest BCUT2D eigenvalue weighted by Crippen LogP contribution is -2.48. The van der Waals surface area contributed by atoms with Crippen molar-refractivity contribution in [3.05, 3.63) is 0 Å². The highest BCUT2D eigenvalue weighted by Crippen LogP contribution is 2.16. The molecule has 2 saturated heterocycles. The number of hydrogen-bond acceptors (Lipinski definition) is 4. The number of carbonyl (C=O) groups is 2. The van der Waals surface area contributed by atoms with E-state index in [2.05, 4.69) is 10.6 Å². The molecule has 5 nitrogen and oxygen atoms in total. The van der Waals surface area contributed by atoms with Gasteiger partial charge in [0.2, 0.25) is 5.91 Å². The molecule has 2 N–H and O–H groups in total. The third kappa shape index (κ3) is 2.81. The smallest absolute Gasteiger partial charge is 0.279 e. The molecule has 2 aliphatic heterocycles. The summed E-state index contributed by atoms with van der Waals surface area (Å²) < 4.78 is 0. The lowest BCUT2D eigenvalue weighted by molar-refractivity contribution is -0.132. The largest absolute Gasteiger partial charge is 0.340 e. The van der Waals surface area contributed by atoms with Crippen molar-refractivity contribution >= 4 is 35.3 Å².